The lowest BCUT2D eigenvalue weighted by molar-refractivity contribution is 0.0722. The summed E-state index contributed by atoms with van der Waals surface area (Å²) in [4.78, 5) is 24.0. The van der Waals surface area contributed by atoms with Crippen molar-refractivity contribution in [1.29, 1.82) is 0 Å². The van der Waals surface area contributed by atoms with Gasteiger partial charge in [-0.05, 0) is 32.2 Å². The fourth-order valence-electron chi connectivity index (χ4n) is 3.89. The van der Waals surface area contributed by atoms with Crippen molar-refractivity contribution in [2.45, 2.75) is 50.5 Å². The van der Waals surface area contributed by atoms with Crippen molar-refractivity contribution < 1.29 is 9.32 Å². The van der Waals surface area contributed by atoms with E-state index in [9.17, 15) is 4.79 Å². The summed E-state index contributed by atoms with van der Waals surface area (Å²) in [6.45, 7) is 3.25. The van der Waals surface area contributed by atoms with Crippen LogP contribution in [0.1, 0.15) is 70.8 Å². The number of hydrogen-bond donors (Lipinski definition) is 1. The van der Waals surface area contributed by atoms with Crippen molar-refractivity contribution in [3.63, 3.8) is 0 Å². The molecule has 7 nitrogen and oxygen atoms in total. The summed E-state index contributed by atoms with van der Waals surface area (Å²) in [5.41, 5.74) is 2.55. The van der Waals surface area contributed by atoms with Crippen LogP contribution >= 0.6 is 0 Å². The Labute approximate surface area is 152 Å². The molecule has 0 spiro atoms. The molecule has 1 saturated heterocycles. The van der Waals surface area contributed by atoms with Gasteiger partial charge in [0.2, 0.25) is 0 Å². The lowest BCUT2D eigenvalue weighted by atomic mass is 9.98. The lowest BCUT2D eigenvalue weighted by Gasteiger charge is -2.28. The van der Waals surface area contributed by atoms with Gasteiger partial charge in [-0.25, -0.2) is 9.97 Å². The molecule has 7 heteroatoms. The normalized spacial score (nSPS) is 22.9. The molecular weight excluding hydrogens is 330 g/mol. The van der Waals surface area contributed by atoms with Crippen LogP contribution in [0.5, 0.6) is 0 Å². The zero-order chi connectivity index (χ0) is 17.5. The molecule has 1 N–H and O–H groups in total. The molecule has 0 aromatic carbocycles. The second-order valence-corrected chi connectivity index (χ2v) is 7.61. The number of carbonyl (C=O) groups excluding carboxylic acids is 1. The van der Waals surface area contributed by atoms with Gasteiger partial charge in [-0.3, -0.25) is 4.79 Å². The Morgan fingerprint density at radius 2 is 2.19 bits per heavy atom. The Hall–Kier alpha value is -2.28. The van der Waals surface area contributed by atoms with E-state index in [-0.39, 0.29) is 5.91 Å². The lowest BCUT2D eigenvalue weighted by Crippen LogP contribution is -2.37. The summed E-state index contributed by atoms with van der Waals surface area (Å²) in [6, 6.07) is 1.81. The van der Waals surface area contributed by atoms with Crippen LogP contribution in [-0.2, 0) is 13.0 Å². The number of piperidine rings is 1. The smallest absolute Gasteiger partial charge is 0.276 e. The van der Waals surface area contributed by atoms with E-state index < -0.39 is 0 Å². The predicted octanol–water partition coefficient (Wildman–Crippen LogP) is 2.01. The first-order chi connectivity index (χ1) is 12.8. The number of nitrogens with one attached hydrogen (secondary N) is 1. The van der Waals surface area contributed by atoms with Crippen LogP contribution in [0.15, 0.2) is 16.8 Å². The van der Waals surface area contributed by atoms with E-state index in [0.29, 0.717) is 30.6 Å². The van der Waals surface area contributed by atoms with Gasteiger partial charge in [-0.2, -0.15) is 0 Å². The van der Waals surface area contributed by atoms with Crippen LogP contribution in [0.25, 0.3) is 0 Å². The molecule has 4 heterocycles. The molecule has 5 rings (SSSR count). The highest BCUT2D eigenvalue weighted by Gasteiger charge is 2.31. The van der Waals surface area contributed by atoms with Gasteiger partial charge in [0.1, 0.15) is 11.6 Å². The highest BCUT2D eigenvalue weighted by Crippen LogP contribution is 2.40. The van der Waals surface area contributed by atoms with E-state index in [2.05, 4.69) is 15.5 Å². The summed E-state index contributed by atoms with van der Waals surface area (Å²) in [7, 11) is 0. The van der Waals surface area contributed by atoms with E-state index in [4.69, 9.17) is 9.51 Å². The highest BCUT2D eigenvalue weighted by atomic mass is 16.5. The maximum atomic E-state index is 12.7. The van der Waals surface area contributed by atoms with Gasteiger partial charge in [-0.1, -0.05) is 5.16 Å². The van der Waals surface area contributed by atoms with Gasteiger partial charge in [-0.15, -0.1) is 0 Å². The van der Waals surface area contributed by atoms with Crippen LogP contribution in [0.4, 0.5) is 0 Å². The molecule has 2 aromatic heterocycles. The van der Waals surface area contributed by atoms with E-state index >= 15 is 0 Å². The highest BCUT2D eigenvalue weighted by molar-refractivity contribution is 5.92. The second kappa shape index (κ2) is 6.46. The third-order valence-corrected chi connectivity index (χ3v) is 5.63. The van der Waals surface area contributed by atoms with Crippen molar-refractivity contribution in [2.75, 3.05) is 19.6 Å². The summed E-state index contributed by atoms with van der Waals surface area (Å²) in [6.07, 6.45) is 7.26. The minimum Gasteiger partial charge on any atom is -0.360 e. The van der Waals surface area contributed by atoms with Gasteiger partial charge in [0.25, 0.3) is 5.91 Å². The third kappa shape index (κ3) is 3.00. The molecule has 2 aromatic rings. The van der Waals surface area contributed by atoms with Crippen LogP contribution < -0.4 is 5.32 Å². The van der Waals surface area contributed by atoms with E-state index in [0.717, 1.165) is 61.6 Å². The SMILES string of the molecule is O=C(c1cc(C2CC2)on1)N1CCc2nc(C3CCCNC3)ncc2C1. The number of carbonyl (C=O) groups is 1. The topological polar surface area (TPSA) is 84.2 Å². The molecule has 1 aliphatic carbocycles. The molecule has 1 atom stereocenters. The predicted molar refractivity (Wildman–Crippen MR) is 93.8 cm³/mol. The standard InChI is InChI=1S/C19H23N5O2/c25-19(16-8-17(26-23-16)12-3-4-12)24-7-5-15-14(11-24)10-21-18(22-15)13-2-1-6-20-9-13/h8,10,12-13,20H,1-7,9,11H2. The number of amides is 1. The molecule has 2 fully saturated rings. The minimum atomic E-state index is -0.0631. The number of fused-ring (bicyclic) bond motifs is 1. The van der Waals surface area contributed by atoms with Crippen LogP contribution in [0.2, 0.25) is 0 Å². The zero-order valence-electron chi connectivity index (χ0n) is 14.8. The third-order valence-electron chi connectivity index (χ3n) is 5.63. The van der Waals surface area contributed by atoms with Gasteiger partial charge < -0.3 is 14.7 Å². The Morgan fingerprint density at radius 1 is 1.27 bits per heavy atom. The van der Waals surface area contributed by atoms with E-state index in [1.165, 1.54) is 6.42 Å². The monoisotopic (exact) mass is 353 g/mol. The molecular formula is C19H23N5O2. The second-order valence-electron chi connectivity index (χ2n) is 7.61. The average molecular weight is 353 g/mol. The molecule has 2 aliphatic heterocycles. The van der Waals surface area contributed by atoms with Crippen molar-refractivity contribution >= 4 is 5.91 Å². The zero-order valence-corrected chi connectivity index (χ0v) is 14.8. The van der Waals surface area contributed by atoms with Gasteiger partial charge in [0.15, 0.2) is 5.69 Å². The quantitative estimate of drug-likeness (QED) is 0.909. The maximum absolute atomic E-state index is 12.7. The van der Waals surface area contributed by atoms with E-state index in [1.807, 2.05) is 17.2 Å². The molecule has 26 heavy (non-hydrogen) atoms. The Balaban J connectivity index is 1.30. The van der Waals surface area contributed by atoms with Crippen LogP contribution in [0, 0.1) is 0 Å². The molecule has 1 amide bonds. The Kier molecular flexibility index (Phi) is 3.96. The first kappa shape index (κ1) is 15.9. The van der Waals surface area contributed by atoms with Crippen LogP contribution in [0.3, 0.4) is 0 Å². The largest absolute Gasteiger partial charge is 0.360 e. The van der Waals surface area contributed by atoms with Gasteiger partial charge >= 0.3 is 0 Å². The maximum Gasteiger partial charge on any atom is 0.276 e. The summed E-state index contributed by atoms with van der Waals surface area (Å²) >= 11 is 0. The number of nitrogens with zero attached hydrogens (tertiary/aromatic N) is 4. The number of aromatic nitrogens is 3. The van der Waals surface area contributed by atoms with Gasteiger partial charge in [0, 0.05) is 55.7 Å². The average Bonchev–Trinajstić information content (AvgIpc) is 3.44. The Bertz CT molecular complexity index is 823. The summed E-state index contributed by atoms with van der Waals surface area (Å²) in [5.74, 6) is 2.60. The fraction of sp³-hybridized carbons (Fsp3) is 0.579. The van der Waals surface area contributed by atoms with Gasteiger partial charge in [0.05, 0.1) is 5.69 Å². The first-order valence-corrected chi connectivity index (χ1v) is 9.59. The molecule has 0 bridgehead atoms. The van der Waals surface area contributed by atoms with Crippen molar-refractivity contribution in [3.8, 4) is 0 Å². The molecule has 3 aliphatic rings. The van der Waals surface area contributed by atoms with Crippen molar-refractivity contribution in [1.82, 2.24) is 25.3 Å². The number of hydrogen-bond acceptors (Lipinski definition) is 6. The first-order valence-electron chi connectivity index (χ1n) is 9.59. The summed E-state index contributed by atoms with van der Waals surface area (Å²) in [5, 5.41) is 7.40. The fourth-order valence-corrected chi connectivity index (χ4v) is 3.89. The van der Waals surface area contributed by atoms with Crippen molar-refractivity contribution in [3.05, 3.63) is 40.8 Å². The Morgan fingerprint density at radius 3 is 3.00 bits per heavy atom. The van der Waals surface area contributed by atoms with Crippen LogP contribution in [-0.4, -0.2) is 45.6 Å². The summed E-state index contributed by atoms with van der Waals surface area (Å²) < 4.78 is 5.32. The minimum absolute atomic E-state index is 0.0631. The molecule has 0 radical (unpaired) electrons. The van der Waals surface area contributed by atoms with E-state index in [1.54, 1.807) is 0 Å². The molecule has 1 unspecified atom stereocenters. The molecule has 1 saturated carbocycles. The van der Waals surface area contributed by atoms with Crippen molar-refractivity contribution in [2.24, 2.45) is 0 Å². The molecule has 136 valence electrons. The number of rotatable bonds is 3.